The summed E-state index contributed by atoms with van der Waals surface area (Å²) in [6.07, 6.45) is 0. The number of anilines is 1. The average molecular weight is 267 g/mol. The Kier molecular flexibility index (Phi) is 4.34. The molecule has 0 spiro atoms. The highest BCUT2D eigenvalue weighted by molar-refractivity contribution is 5.69. The second-order valence-electron chi connectivity index (χ2n) is 4.80. The third-order valence-corrected chi connectivity index (χ3v) is 3.29. The summed E-state index contributed by atoms with van der Waals surface area (Å²) in [5, 5.41) is 8.72. The van der Waals surface area contributed by atoms with Crippen LogP contribution in [-0.4, -0.2) is 53.6 Å². The maximum absolute atomic E-state index is 13.6. The van der Waals surface area contributed by atoms with Gasteiger partial charge in [-0.1, -0.05) is 0 Å². The van der Waals surface area contributed by atoms with Crippen molar-refractivity contribution in [2.24, 2.45) is 0 Å². The number of nitrogens with two attached hydrogens (primary N) is 1. The second-order valence-corrected chi connectivity index (χ2v) is 4.80. The Balaban J connectivity index is 1.88. The van der Waals surface area contributed by atoms with Crippen molar-refractivity contribution in [3.63, 3.8) is 0 Å². The summed E-state index contributed by atoms with van der Waals surface area (Å²) in [7, 11) is 0. The van der Waals surface area contributed by atoms with Crippen molar-refractivity contribution >= 4 is 11.7 Å². The number of carbonyl (C=O) groups is 1. The molecule has 2 rings (SSSR count). The lowest BCUT2D eigenvalue weighted by Gasteiger charge is -2.33. The van der Waals surface area contributed by atoms with Crippen LogP contribution in [0.15, 0.2) is 18.2 Å². The van der Waals surface area contributed by atoms with Crippen LogP contribution >= 0.6 is 0 Å². The molecule has 0 saturated carbocycles. The molecular weight excluding hydrogens is 249 g/mol. The van der Waals surface area contributed by atoms with E-state index in [9.17, 15) is 9.18 Å². The summed E-state index contributed by atoms with van der Waals surface area (Å²) in [6.45, 7) is 3.44. The number of hydrogen-bond acceptors (Lipinski definition) is 4. The SMILES string of the molecule is Nc1ccc(F)c(CN2CCN(CC(=O)O)CC2)c1. The van der Waals surface area contributed by atoms with Crippen LogP contribution < -0.4 is 5.73 Å². The van der Waals surface area contributed by atoms with E-state index in [-0.39, 0.29) is 12.4 Å². The molecule has 0 unspecified atom stereocenters. The molecule has 3 N–H and O–H groups in total. The first kappa shape index (κ1) is 13.8. The van der Waals surface area contributed by atoms with E-state index in [4.69, 9.17) is 10.8 Å². The summed E-state index contributed by atoms with van der Waals surface area (Å²) in [5.74, 6) is -1.06. The van der Waals surface area contributed by atoms with E-state index in [1.54, 1.807) is 12.1 Å². The van der Waals surface area contributed by atoms with Gasteiger partial charge in [-0.2, -0.15) is 0 Å². The molecule has 1 saturated heterocycles. The minimum atomic E-state index is -0.810. The van der Waals surface area contributed by atoms with Crippen molar-refractivity contribution in [3.8, 4) is 0 Å². The molecular formula is C13H18FN3O2. The second kappa shape index (κ2) is 5.99. The van der Waals surface area contributed by atoms with Crippen molar-refractivity contribution in [3.05, 3.63) is 29.6 Å². The van der Waals surface area contributed by atoms with Crippen LogP contribution in [0.25, 0.3) is 0 Å². The Hall–Kier alpha value is -1.66. The lowest BCUT2D eigenvalue weighted by molar-refractivity contribution is -0.138. The molecule has 104 valence electrons. The molecule has 5 nitrogen and oxygen atoms in total. The third kappa shape index (κ3) is 3.90. The van der Waals surface area contributed by atoms with Crippen molar-refractivity contribution in [1.82, 2.24) is 9.80 Å². The fourth-order valence-corrected chi connectivity index (χ4v) is 2.25. The zero-order chi connectivity index (χ0) is 13.8. The number of aliphatic carboxylic acids is 1. The highest BCUT2D eigenvalue weighted by atomic mass is 19.1. The van der Waals surface area contributed by atoms with Crippen LogP contribution in [0.1, 0.15) is 5.56 Å². The van der Waals surface area contributed by atoms with Crippen molar-refractivity contribution in [2.45, 2.75) is 6.54 Å². The lowest BCUT2D eigenvalue weighted by Crippen LogP contribution is -2.47. The zero-order valence-electron chi connectivity index (χ0n) is 10.7. The van der Waals surface area contributed by atoms with Gasteiger partial charge in [0.2, 0.25) is 0 Å². The van der Waals surface area contributed by atoms with E-state index in [2.05, 4.69) is 4.90 Å². The number of nitrogen functional groups attached to an aromatic ring is 1. The first-order chi connectivity index (χ1) is 9.04. The number of carboxylic acid groups (broad SMARTS) is 1. The predicted molar refractivity (Wildman–Crippen MR) is 70.2 cm³/mol. The monoisotopic (exact) mass is 267 g/mol. The number of nitrogens with zero attached hydrogens (tertiary/aromatic N) is 2. The van der Waals surface area contributed by atoms with E-state index < -0.39 is 5.97 Å². The molecule has 1 heterocycles. The molecule has 1 fully saturated rings. The molecule has 0 bridgehead atoms. The Morgan fingerprint density at radius 1 is 1.26 bits per heavy atom. The van der Waals surface area contributed by atoms with E-state index in [1.807, 2.05) is 4.90 Å². The van der Waals surface area contributed by atoms with Crippen LogP contribution in [-0.2, 0) is 11.3 Å². The molecule has 1 aliphatic heterocycles. The molecule has 0 radical (unpaired) electrons. The van der Waals surface area contributed by atoms with Crippen molar-refractivity contribution in [1.29, 1.82) is 0 Å². The van der Waals surface area contributed by atoms with Gasteiger partial charge in [0, 0.05) is 44.0 Å². The lowest BCUT2D eigenvalue weighted by atomic mass is 10.1. The summed E-state index contributed by atoms with van der Waals surface area (Å²) >= 11 is 0. The predicted octanol–water partition coefficient (Wildman–Crippen LogP) is 0.610. The van der Waals surface area contributed by atoms with Gasteiger partial charge in [-0.05, 0) is 18.2 Å². The maximum atomic E-state index is 13.6. The highest BCUT2D eigenvalue weighted by Gasteiger charge is 2.19. The normalized spacial score (nSPS) is 17.5. The van der Waals surface area contributed by atoms with Gasteiger partial charge in [-0.25, -0.2) is 4.39 Å². The Morgan fingerprint density at radius 3 is 2.53 bits per heavy atom. The maximum Gasteiger partial charge on any atom is 0.317 e. The molecule has 1 aliphatic rings. The number of hydrogen-bond donors (Lipinski definition) is 2. The van der Waals surface area contributed by atoms with E-state index in [1.165, 1.54) is 6.07 Å². The quantitative estimate of drug-likeness (QED) is 0.782. The Labute approximate surface area is 111 Å². The number of piperazine rings is 1. The van der Waals surface area contributed by atoms with Gasteiger partial charge in [0.1, 0.15) is 5.82 Å². The van der Waals surface area contributed by atoms with Gasteiger partial charge in [0.15, 0.2) is 0 Å². The first-order valence-electron chi connectivity index (χ1n) is 6.25. The van der Waals surface area contributed by atoms with Gasteiger partial charge in [-0.3, -0.25) is 14.6 Å². The third-order valence-electron chi connectivity index (χ3n) is 3.29. The van der Waals surface area contributed by atoms with Crippen LogP contribution in [0.3, 0.4) is 0 Å². The molecule has 1 aromatic rings. The van der Waals surface area contributed by atoms with Gasteiger partial charge in [0.25, 0.3) is 0 Å². The van der Waals surface area contributed by atoms with Crippen LogP contribution in [0.2, 0.25) is 0 Å². The molecule has 0 amide bonds. The summed E-state index contributed by atoms with van der Waals surface area (Å²) < 4.78 is 13.6. The van der Waals surface area contributed by atoms with Gasteiger partial charge >= 0.3 is 5.97 Å². The molecule has 1 aromatic carbocycles. The fraction of sp³-hybridized carbons (Fsp3) is 0.462. The smallest absolute Gasteiger partial charge is 0.317 e. The molecule has 19 heavy (non-hydrogen) atoms. The summed E-state index contributed by atoms with van der Waals surface area (Å²) in [6, 6.07) is 4.58. The van der Waals surface area contributed by atoms with Gasteiger partial charge in [-0.15, -0.1) is 0 Å². The number of halogens is 1. The topological polar surface area (TPSA) is 69.8 Å². The molecule has 6 heteroatoms. The average Bonchev–Trinajstić information content (AvgIpc) is 2.35. The van der Waals surface area contributed by atoms with Gasteiger partial charge < -0.3 is 10.8 Å². The van der Waals surface area contributed by atoms with Crippen molar-refractivity contribution < 1.29 is 14.3 Å². The molecule has 0 atom stereocenters. The summed E-state index contributed by atoms with van der Waals surface area (Å²) in [4.78, 5) is 14.6. The van der Waals surface area contributed by atoms with E-state index >= 15 is 0 Å². The van der Waals surface area contributed by atoms with Crippen LogP contribution in [0, 0.1) is 5.82 Å². The summed E-state index contributed by atoms with van der Waals surface area (Å²) in [5.41, 5.74) is 6.80. The number of benzene rings is 1. The highest BCUT2D eigenvalue weighted by Crippen LogP contribution is 2.15. The van der Waals surface area contributed by atoms with Crippen LogP contribution in [0.5, 0.6) is 0 Å². The largest absolute Gasteiger partial charge is 0.480 e. The standard InChI is InChI=1S/C13H18FN3O2/c14-12-2-1-11(15)7-10(12)8-16-3-5-17(6-4-16)9-13(18)19/h1-2,7H,3-6,8-9,15H2,(H,18,19). The van der Waals surface area contributed by atoms with Gasteiger partial charge in [0.05, 0.1) is 6.54 Å². The first-order valence-corrected chi connectivity index (χ1v) is 6.25. The zero-order valence-corrected chi connectivity index (χ0v) is 10.7. The minimum absolute atomic E-state index is 0.0699. The van der Waals surface area contributed by atoms with Crippen LogP contribution in [0.4, 0.5) is 10.1 Å². The molecule has 0 aliphatic carbocycles. The number of carboxylic acids is 1. The fourth-order valence-electron chi connectivity index (χ4n) is 2.25. The van der Waals surface area contributed by atoms with E-state index in [0.717, 1.165) is 13.1 Å². The van der Waals surface area contributed by atoms with Crippen molar-refractivity contribution in [2.75, 3.05) is 38.5 Å². The Morgan fingerprint density at radius 2 is 1.89 bits per heavy atom. The Bertz CT molecular complexity index is 459. The minimum Gasteiger partial charge on any atom is -0.480 e. The molecule has 0 aromatic heterocycles. The number of rotatable bonds is 4. The van der Waals surface area contributed by atoms with E-state index in [0.29, 0.717) is 30.9 Å².